The number of halogens is 1. The Balaban J connectivity index is 1.38. The molecule has 1 aromatic heterocycles. The van der Waals surface area contributed by atoms with Gasteiger partial charge in [0.1, 0.15) is 18.1 Å². The highest BCUT2D eigenvalue weighted by atomic mass is 35.5. The molecule has 9 nitrogen and oxygen atoms in total. The number of hydrogen-bond donors (Lipinski definition) is 0. The van der Waals surface area contributed by atoms with Crippen molar-refractivity contribution in [2.24, 2.45) is 0 Å². The summed E-state index contributed by atoms with van der Waals surface area (Å²) in [6, 6.07) is 19.2. The van der Waals surface area contributed by atoms with Crippen LogP contribution in [0.15, 0.2) is 66.7 Å². The number of aromatic nitrogens is 2. The molecule has 0 fully saturated rings. The van der Waals surface area contributed by atoms with Crippen LogP contribution in [0, 0.1) is 6.92 Å². The van der Waals surface area contributed by atoms with E-state index in [1.165, 1.54) is 0 Å². The highest BCUT2D eigenvalue weighted by Gasteiger charge is 2.21. The second-order valence-corrected chi connectivity index (χ2v) is 9.12. The first-order valence-electron chi connectivity index (χ1n) is 12.3. The second-order valence-electron chi connectivity index (χ2n) is 8.75. The van der Waals surface area contributed by atoms with Crippen LogP contribution < -0.4 is 19.1 Å². The summed E-state index contributed by atoms with van der Waals surface area (Å²) in [5.41, 5.74) is 3.39. The van der Waals surface area contributed by atoms with Gasteiger partial charge < -0.3 is 23.8 Å². The first-order chi connectivity index (χ1) is 18.9. The van der Waals surface area contributed by atoms with Crippen LogP contribution >= 0.6 is 11.6 Å². The Morgan fingerprint density at radius 2 is 1.79 bits per heavy atom. The molecule has 2 heterocycles. The maximum Gasteiger partial charge on any atom is 0.338 e. The third-order valence-corrected chi connectivity index (χ3v) is 6.67. The van der Waals surface area contributed by atoms with Gasteiger partial charge >= 0.3 is 5.97 Å². The molecule has 0 radical (unpaired) electrons. The van der Waals surface area contributed by atoms with Crippen molar-refractivity contribution < 1.29 is 28.5 Å². The first-order valence-corrected chi connectivity index (χ1v) is 12.7. The molecule has 0 atom stereocenters. The number of hydrogen-bond acceptors (Lipinski definition) is 7. The second kappa shape index (κ2) is 11.1. The summed E-state index contributed by atoms with van der Waals surface area (Å²) in [7, 11) is 1.70. The summed E-state index contributed by atoms with van der Waals surface area (Å²) >= 11 is 6.60. The number of carbonyl (C=O) groups is 2. The van der Waals surface area contributed by atoms with Crippen LogP contribution in [-0.2, 0) is 11.3 Å². The molecule has 0 saturated carbocycles. The molecule has 0 N–H and O–H groups in total. The molecule has 1 amide bonds. The number of benzene rings is 3. The third-order valence-electron chi connectivity index (χ3n) is 6.18. The van der Waals surface area contributed by atoms with E-state index in [0.29, 0.717) is 56.2 Å². The van der Waals surface area contributed by atoms with Gasteiger partial charge in [-0.1, -0.05) is 23.7 Å². The van der Waals surface area contributed by atoms with Crippen LogP contribution in [0.1, 0.15) is 39.0 Å². The first kappa shape index (κ1) is 26.1. The van der Waals surface area contributed by atoms with Crippen molar-refractivity contribution in [1.29, 1.82) is 0 Å². The maximum absolute atomic E-state index is 13.4. The van der Waals surface area contributed by atoms with Gasteiger partial charge in [-0.25, -0.2) is 9.48 Å². The lowest BCUT2D eigenvalue weighted by molar-refractivity contribution is 0.0525. The molecular weight excluding hydrogens is 522 g/mol. The van der Waals surface area contributed by atoms with Crippen LogP contribution in [0.5, 0.6) is 17.2 Å². The van der Waals surface area contributed by atoms with E-state index in [9.17, 15) is 9.59 Å². The minimum Gasteiger partial charge on any atom is -0.487 e. The van der Waals surface area contributed by atoms with E-state index >= 15 is 0 Å². The largest absolute Gasteiger partial charge is 0.487 e. The van der Waals surface area contributed by atoms with Crippen molar-refractivity contribution >= 4 is 29.2 Å². The van der Waals surface area contributed by atoms with E-state index < -0.39 is 5.97 Å². The summed E-state index contributed by atoms with van der Waals surface area (Å²) in [6.45, 7) is 4.08. The molecule has 10 heteroatoms. The number of amides is 1. The Labute approximate surface area is 230 Å². The average Bonchev–Trinajstić information content (AvgIpc) is 3.55. The van der Waals surface area contributed by atoms with Gasteiger partial charge in [0.2, 0.25) is 6.79 Å². The van der Waals surface area contributed by atoms with Crippen LogP contribution in [0.25, 0.3) is 5.69 Å². The Bertz CT molecular complexity index is 1550. The van der Waals surface area contributed by atoms with Crippen molar-refractivity contribution in [3.63, 3.8) is 0 Å². The quantitative estimate of drug-likeness (QED) is 0.265. The molecule has 0 aliphatic carbocycles. The SMILES string of the molecule is CCOC(=O)c1cccc(OCc2c(Cl)c(C)nn2-c2cccc(C(=O)N(C)c3ccc4c(c3)OCO4)c2)c1. The van der Waals surface area contributed by atoms with Crippen LogP contribution in [0.3, 0.4) is 0 Å². The number of fused-ring (bicyclic) bond motifs is 1. The monoisotopic (exact) mass is 547 g/mol. The van der Waals surface area contributed by atoms with E-state index in [0.717, 1.165) is 0 Å². The fourth-order valence-corrected chi connectivity index (χ4v) is 4.32. The number of aryl methyl sites for hydroxylation is 1. The van der Waals surface area contributed by atoms with E-state index in [4.69, 9.17) is 30.5 Å². The van der Waals surface area contributed by atoms with Gasteiger partial charge in [0, 0.05) is 24.4 Å². The molecule has 0 spiro atoms. The van der Waals surface area contributed by atoms with Crippen LogP contribution in [-0.4, -0.2) is 42.1 Å². The molecule has 200 valence electrons. The van der Waals surface area contributed by atoms with Crippen LogP contribution in [0.2, 0.25) is 5.02 Å². The molecule has 1 aliphatic rings. The van der Waals surface area contributed by atoms with Crippen molar-refractivity contribution in [2.45, 2.75) is 20.5 Å². The highest BCUT2D eigenvalue weighted by molar-refractivity contribution is 6.31. The van der Waals surface area contributed by atoms with Gasteiger partial charge in [0.05, 0.1) is 28.6 Å². The van der Waals surface area contributed by atoms with Crippen LogP contribution in [0.4, 0.5) is 5.69 Å². The van der Waals surface area contributed by atoms with Gasteiger partial charge in [-0.05, 0) is 62.4 Å². The number of rotatable bonds is 8. The summed E-state index contributed by atoms with van der Waals surface area (Å²) in [4.78, 5) is 27.0. The molecule has 1 aliphatic heterocycles. The standard InChI is InChI=1S/C29H26ClN3O6/c1-4-36-29(35)20-8-6-10-23(14-20)37-16-24-27(30)18(2)31-33(24)22-9-5-7-19(13-22)28(34)32(3)21-11-12-25-26(15-21)39-17-38-25/h5-15H,4,16-17H2,1-3H3. The normalized spacial score (nSPS) is 11.8. The van der Waals surface area contributed by atoms with Gasteiger partial charge in [0.25, 0.3) is 5.91 Å². The lowest BCUT2D eigenvalue weighted by Crippen LogP contribution is -2.26. The topological polar surface area (TPSA) is 92.1 Å². The molecule has 3 aromatic carbocycles. The fraction of sp³-hybridized carbons (Fsp3) is 0.207. The smallest absolute Gasteiger partial charge is 0.338 e. The zero-order valence-corrected chi connectivity index (χ0v) is 22.4. The molecule has 4 aromatic rings. The molecule has 39 heavy (non-hydrogen) atoms. The minimum atomic E-state index is -0.422. The van der Waals surface area contributed by atoms with E-state index in [-0.39, 0.29) is 25.9 Å². The Hall–Kier alpha value is -4.50. The predicted octanol–water partition coefficient (Wildman–Crippen LogP) is 5.60. The summed E-state index contributed by atoms with van der Waals surface area (Å²) in [5.74, 6) is 1.10. The predicted molar refractivity (Wildman–Crippen MR) is 145 cm³/mol. The Kier molecular flexibility index (Phi) is 7.42. The molecular formula is C29H26ClN3O6. The summed E-state index contributed by atoms with van der Waals surface area (Å²) < 4.78 is 23.5. The van der Waals surface area contributed by atoms with Crippen molar-refractivity contribution in [2.75, 3.05) is 25.3 Å². The van der Waals surface area contributed by atoms with Crippen molar-refractivity contribution in [3.8, 4) is 22.9 Å². The van der Waals surface area contributed by atoms with Crippen molar-refractivity contribution in [1.82, 2.24) is 9.78 Å². The number of nitrogens with zero attached hydrogens (tertiary/aromatic N) is 3. The summed E-state index contributed by atoms with van der Waals surface area (Å²) in [5, 5.41) is 5.03. The van der Waals surface area contributed by atoms with E-state index in [2.05, 4.69) is 5.10 Å². The van der Waals surface area contributed by atoms with Crippen molar-refractivity contribution in [3.05, 3.63) is 94.3 Å². The number of anilines is 1. The highest BCUT2D eigenvalue weighted by Crippen LogP contribution is 2.35. The number of ether oxygens (including phenoxy) is 4. The Morgan fingerprint density at radius 3 is 2.62 bits per heavy atom. The maximum atomic E-state index is 13.4. The minimum absolute atomic E-state index is 0.0845. The Morgan fingerprint density at radius 1 is 1.03 bits per heavy atom. The fourth-order valence-electron chi connectivity index (χ4n) is 4.15. The molecule has 0 bridgehead atoms. The van der Waals surface area contributed by atoms with Gasteiger partial charge in [-0.2, -0.15) is 5.10 Å². The lowest BCUT2D eigenvalue weighted by atomic mass is 10.1. The number of carbonyl (C=O) groups excluding carboxylic acids is 2. The van der Waals surface area contributed by atoms with Gasteiger partial charge in [-0.3, -0.25) is 4.79 Å². The molecule has 5 rings (SSSR count). The van der Waals surface area contributed by atoms with E-state index in [1.807, 2.05) is 6.07 Å². The zero-order valence-electron chi connectivity index (χ0n) is 21.6. The average molecular weight is 548 g/mol. The lowest BCUT2D eigenvalue weighted by Gasteiger charge is -2.18. The molecule has 0 unspecified atom stereocenters. The van der Waals surface area contributed by atoms with E-state index in [1.54, 1.807) is 91.1 Å². The third kappa shape index (κ3) is 5.39. The molecule has 0 saturated heterocycles. The van der Waals surface area contributed by atoms with Gasteiger partial charge in [-0.15, -0.1) is 0 Å². The van der Waals surface area contributed by atoms with Gasteiger partial charge in [0.15, 0.2) is 11.5 Å². The zero-order chi connectivity index (χ0) is 27.5. The number of esters is 1. The summed E-state index contributed by atoms with van der Waals surface area (Å²) in [6.07, 6.45) is 0.